The third kappa shape index (κ3) is 4.10. The van der Waals surface area contributed by atoms with Crippen LogP contribution in [0.4, 0.5) is 10.5 Å². The summed E-state index contributed by atoms with van der Waals surface area (Å²) >= 11 is 0. The van der Waals surface area contributed by atoms with Crippen LogP contribution in [0.3, 0.4) is 0 Å². The summed E-state index contributed by atoms with van der Waals surface area (Å²) in [6, 6.07) is 17.5. The molecule has 0 unspecified atom stereocenters. The fraction of sp³-hybridized carbons (Fsp3) is 0.188. The molecule has 104 valence electrons. The molecule has 0 bridgehead atoms. The third-order valence-electron chi connectivity index (χ3n) is 2.90. The van der Waals surface area contributed by atoms with Crippen molar-refractivity contribution >= 4 is 11.7 Å². The molecule has 2 aromatic carbocycles. The van der Waals surface area contributed by atoms with E-state index in [1.54, 1.807) is 0 Å². The predicted octanol–water partition coefficient (Wildman–Crippen LogP) is 2.39. The number of rotatable bonds is 5. The number of para-hydroxylation sites is 1. The highest BCUT2D eigenvalue weighted by molar-refractivity contribution is 5.90. The molecule has 0 saturated carbocycles. The number of carbonyl (C=O) groups is 1. The van der Waals surface area contributed by atoms with Gasteiger partial charge in [0.25, 0.3) is 0 Å². The first-order valence-corrected chi connectivity index (χ1v) is 6.57. The predicted molar refractivity (Wildman–Crippen MR) is 79.8 cm³/mol. The van der Waals surface area contributed by atoms with E-state index < -0.39 is 0 Å². The van der Waals surface area contributed by atoms with Crippen LogP contribution in [-0.2, 0) is 6.42 Å². The second kappa shape index (κ2) is 7.31. The maximum atomic E-state index is 11.6. The first-order chi connectivity index (χ1) is 9.79. The number of hydrogen-bond donors (Lipinski definition) is 3. The molecule has 2 aromatic rings. The molecule has 2 rings (SSSR count). The summed E-state index contributed by atoms with van der Waals surface area (Å²) in [4.78, 5) is 11.6. The zero-order valence-electron chi connectivity index (χ0n) is 11.2. The molecule has 0 atom stereocenters. The molecule has 4 nitrogen and oxygen atoms in total. The first-order valence-electron chi connectivity index (χ1n) is 6.57. The molecule has 3 N–H and O–H groups in total. The molecule has 0 spiro atoms. The molecular weight excluding hydrogens is 252 g/mol. The van der Waals surface area contributed by atoms with Crippen LogP contribution in [0, 0.1) is 0 Å². The van der Waals surface area contributed by atoms with Crippen LogP contribution in [0.2, 0.25) is 0 Å². The van der Waals surface area contributed by atoms with Gasteiger partial charge in [0.05, 0.1) is 6.61 Å². The number of hydrogen-bond acceptors (Lipinski definition) is 2. The van der Waals surface area contributed by atoms with Gasteiger partial charge in [0.15, 0.2) is 0 Å². The van der Waals surface area contributed by atoms with Gasteiger partial charge in [0.1, 0.15) is 0 Å². The second-order valence-corrected chi connectivity index (χ2v) is 4.42. The van der Waals surface area contributed by atoms with Crippen LogP contribution < -0.4 is 10.6 Å². The normalized spacial score (nSPS) is 10.1. The van der Waals surface area contributed by atoms with E-state index in [1.165, 1.54) is 5.56 Å². The van der Waals surface area contributed by atoms with Gasteiger partial charge in [-0.15, -0.1) is 0 Å². The lowest BCUT2D eigenvalue weighted by atomic mass is 10.0. The maximum Gasteiger partial charge on any atom is 0.319 e. The number of benzene rings is 2. The summed E-state index contributed by atoms with van der Waals surface area (Å²) < 4.78 is 0. The summed E-state index contributed by atoms with van der Waals surface area (Å²) in [5.41, 5.74) is 3.03. The summed E-state index contributed by atoms with van der Waals surface area (Å²) in [5.74, 6) is 0. The van der Waals surface area contributed by atoms with Crippen molar-refractivity contribution in [1.82, 2.24) is 5.32 Å². The van der Waals surface area contributed by atoms with Gasteiger partial charge in [0.2, 0.25) is 0 Å². The Morgan fingerprint density at radius 2 is 1.70 bits per heavy atom. The molecule has 2 amide bonds. The van der Waals surface area contributed by atoms with E-state index in [-0.39, 0.29) is 19.2 Å². The highest BCUT2D eigenvalue weighted by Crippen LogP contribution is 2.18. The van der Waals surface area contributed by atoms with Gasteiger partial charge in [0, 0.05) is 12.2 Å². The first kappa shape index (κ1) is 14.1. The minimum atomic E-state index is -0.306. The van der Waals surface area contributed by atoms with Crippen LogP contribution in [-0.4, -0.2) is 24.3 Å². The Labute approximate surface area is 118 Å². The summed E-state index contributed by atoms with van der Waals surface area (Å²) in [5, 5.41) is 14.1. The molecular formula is C16H18N2O2. The molecule has 0 aromatic heterocycles. The summed E-state index contributed by atoms with van der Waals surface area (Å²) in [7, 11) is 0. The summed E-state index contributed by atoms with van der Waals surface area (Å²) in [6.45, 7) is 0.172. The lowest BCUT2D eigenvalue weighted by Crippen LogP contribution is -2.31. The standard InChI is InChI=1S/C16H18N2O2/c19-11-10-17-16(20)18-15-9-5-4-8-14(15)12-13-6-2-1-3-7-13/h1-9,19H,10-12H2,(H2,17,18,20). The Hall–Kier alpha value is -2.33. The summed E-state index contributed by atoms with van der Waals surface area (Å²) in [6.07, 6.45) is 0.761. The third-order valence-corrected chi connectivity index (χ3v) is 2.90. The maximum absolute atomic E-state index is 11.6. The number of urea groups is 1. The van der Waals surface area contributed by atoms with Gasteiger partial charge >= 0.3 is 6.03 Å². The zero-order valence-corrected chi connectivity index (χ0v) is 11.2. The van der Waals surface area contributed by atoms with Crippen molar-refractivity contribution in [3.05, 3.63) is 65.7 Å². The second-order valence-electron chi connectivity index (χ2n) is 4.42. The van der Waals surface area contributed by atoms with Gasteiger partial charge < -0.3 is 15.7 Å². The molecule has 0 fully saturated rings. The number of anilines is 1. The quantitative estimate of drug-likeness (QED) is 0.781. The Balaban J connectivity index is 2.08. The van der Waals surface area contributed by atoms with Crippen LogP contribution in [0.25, 0.3) is 0 Å². The monoisotopic (exact) mass is 270 g/mol. The van der Waals surface area contributed by atoms with E-state index in [0.717, 1.165) is 17.7 Å². The zero-order chi connectivity index (χ0) is 14.2. The molecule has 0 radical (unpaired) electrons. The lowest BCUT2D eigenvalue weighted by Gasteiger charge is -2.11. The van der Waals surface area contributed by atoms with E-state index in [0.29, 0.717) is 0 Å². The van der Waals surface area contributed by atoms with Crippen molar-refractivity contribution < 1.29 is 9.90 Å². The number of aliphatic hydroxyl groups is 1. The van der Waals surface area contributed by atoms with Crippen LogP contribution >= 0.6 is 0 Å². The fourth-order valence-corrected chi connectivity index (χ4v) is 1.95. The molecule has 0 aliphatic carbocycles. The molecule has 0 aliphatic heterocycles. The molecule has 0 aliphatic rings. The van der Waals surface area contributed by atoms with Crippen LogP contribution in [0.1, 0.15) is 11.1 Å². The number of carbonyl (C=O) groups excluding carboxylic acids is 1. The van der Waals surface area contributed by atoms with E-state index >= 15 is 0 Å². The highest BCUT2D eigenvalue weighted by atomic mass is 16.3. The average molecular weight is 270 g/mol. The molecule has 0 saturated heterocycles. The molecule has 20 heavy (non-hydrogen) atoms. The van der Waals surface area contributed by atoms with Crippen molar-refractivity contribution in [2.24, 2.45) is 0 Å². The Morgan fingerprint density at radius 3 is 2.45 bits per heavy atom. The minimum Gasteiger partial charge on any atom is -0.395 e. The van der Waals surface area contributed by atoms with E-state index in [9.17, 15) is 4.79 Å². The fourth-order valence-electron chi connectivity index (χ4n) is 1.95. The van der Waals surface area contributed by atoms with Crippen molar-refractivity contribution in [3.63, 3.8) is 0 Å². The van der Waals surface area contributed by atoms with Crippen molar-refractivity contribution in [2.75, 3.05) is 18.5 Å². The van der Waals surface area contributed by atoms with Gasteiger partial charge in [-0.3, -0.25) is 0 Å². The van der Waals surface area contributed by atoms with E-state index in [1.807, 2.05) is 42.5 Å². The Kier molecular flexibility index (Phi) is 5.15. The highest BCUT2D eigenvalue weighted by Gasteiger charge is 2.06. The minimum absolute atomic E-state index is 0.0704. The molecule has 4 heteroatoms. The van der Waals surface area contributed by atoms with Gasteiger partial charge in [-0.2, -0.15) is 0 Å². The van der Waals surface area contributed by atoms with Gasteiger partial charge in [-0.25, -0.2) is 4.79 Å². The smallest absolute Gasteiger partial charge is 0.319 e. The molecule has 0 heterocycles. The van der Waals surface area contributed by atoms with Crippen molar-refractivity contribution in [1.29, 1.82) is 0 Å². The van der Waals surface area contributed by atoms with E-state index in [4.69, 9.17) is 5.11 Å². The topological polar surface area (TPSA) is 61.4 Å². The lowest BCUT2D eigenvalue weighted by molar-refractivity contribution is 0.245. The van der Waals surface area contributed by atoms with Gasteiger partial charge in [-0.05, 0) is 23.6 Å². The van der Waals surface area contributed by atoms with Crippen molar-refractivity contribution in [3.8, 4) is 0 Å². The number of nitrogens with one attached hydrogen (secondary N) is 2. The number of aliphatic hydroxyl groups excluding tert-OH is 1. The SMILES string of the molecule is O=C(NCCO)Nc1ccccc1Cc1ccccc1. The van der Waals surface area contributed by atoms with E-state index in [2.05, 4.69) is 22.8 Å². The largest absolute Gasteiger partial charge is 0.395 e. The van der Waals surface area contributed by atoms with Crippen LogP contribution in [0.15, 0.2) is 54.6 Å². The number of amides is 2. The Bertz CT molecular complexity index is 555. The average Bonchev–Trinajstić information content (AvgIpc) is 2.48. The van der Waals surface area contributed by atoms with Gasteiger partial charge in [-0.1, -0.05) is 48.5 Å². The van der Waals surface area contributed by atoms with Crippen molar-refractivity contribution in [2.45, 2.75) is 6.42 Å². The van der Waals surface area contributed by atoms with Crippen LogP contribution in [0.5, 0.6) is 0 Å². The Morgan fingerprint density at radius 1 is 1.00 bits per heavy atom.